The van der Waals surface area contributed by atoms with Gasteiger partial charge in [0.1, 0.15) is 5.75 Å². The van der Waals surface area contributed by atoms with Crippen LogP contribution in [0.4, 0.5) is 0 Å². The van der Waals surface area contributed by atoms with Crippen LogP contribution in [-0.4, -0.2) is 31.0 Å². The molecule has 0 aliphatic heterocycles. The molecule has 2 aromatic carbocycles. The third-order valence-corrected chi connectivity index (χ3v) is 5.42. The molecular weight excluding hydrogens is 362 g/mol. The highest BCUT2D eigenvalue weighted by Crippen LogP contribution is 2.17. The van der Waals surface area contributed by atoms with E-state index in [0.29, 0.717) is 19.4 Å². The summed E-state index contributed by atoms with van der Waals surface area (Å²) >= 11 is 0. The molecule has 6 heteroatoms. The second-order valence-corrected chi connectivity index (χ2v) is 8.53. The van der Waals surface area contributed by atoms with Gasteiger partial charge in [-0.25, -0.2) is 0 Å². The summed E-state index contributed by atoms with van der Waals surface area (Å²) in [5.74, 6) is 0.307. The Morgan fingerprint density at radius 2 is 1.63 bits per heavy atom. The molecule has 0 heterocycles. The van der Waals surface area contributed by atoms with Crippen molar-refractivity contribution < 1.29 is 17.4 Å². The number of carbonyl (C=O) groups is 1. The zero-order chi connectivity index (χ0) is 19.9. The van der Waals surface area contributed by atoms with Crippen LogP contribution in [0.3, 0.4) is 0 Å². The van der Waals surface area contributed by atoms with E-state index in [1.54, 1.807) is 24.3 Å². The quantitative estimate of drug-likeness (QED) is 0.612. The van der Waals surface area contributed by atoms with E-state index < -0.39 is 10.1 Å². The molecule has 0 saturated carbocycles. The summed E-state index contributed by atoms with van der Waals surface area (Å²) in [5.41, 5.74) is 2.08. The number of hydrogen-bond acceptors (Lipinski definition) is 4. The van der Waals surface area contributed by atoms with E-state index >= 15 is 0 Å². The standard InChI is InChI=1S/C21H27NO4S/c1-4-27(24,25)26-20-13-10-19(11-14-20)16-22(17(2)3)21(23)15-12-18-8-6-5-7-9-18/h5-11,13-14,17H,4,12,15-16H2,1-3H3. The predicted molar refractivity (Wildman–Crippen MR) is 107 cm³/mol. The zero-order valence-corrected chi connectivity index (χ0v) is 16.9. The summed E-state index contributed by atoms with van der Waals surface area (Å²) in [7, 11) is -3.53. The summed E-state index contributed by atoms with van der Waals surface area (Å²) in [6.45, 7) is 5.99. The maximum absolute atomic E-state index is 12.7. The minimum Gasteiger partial charge on any atom is -0.382 e. The van der Waals surface area contributed by atoms with Crippen molar-refractivity contribution in [2.75, 3.05) is 5.75 Å². The number of hydrogen-bond donors (Lipinski definition) is 0. The maximum Gasteiger partial charge on any atom is 0.308 e. The van der Waals surface area contributed by atoms with Gasteiger partial charge in [-0.1, -0.05) is 42.5 Å². The van der Waals surface area contributed by atoms with Crippen molar-refractivity contribution in [3.05, 3.63) is 65.7 Å². The normalized spacial score (nSPS) is 11.4. The highest BCUT2D eigenvalue weighted by Gasteiger charge is 2.17. The molecule has 0 aliphatic rings. The van der Waals surface area contributed by atoms with E-state index in [9.17, 15) is 13.2 Å². The minimum absolute atomic E-state index is 0.0738. The predicted octanol–water partition coefficient (Wildman–Crippen LogP) is 3.78. The lowest BCUT2D eigenvalue weighted by Gasteiger charge is -2.27. The molecule has 2 aromatic rings. The van der Waals surface area contributed by atoms with Crippen molar-refractivity contribution in [3.8, 4) is 5.75 Å². The van der Waals surface area contributed by atoms with Gasteiger partial charge in [-0.2, -0.15) is 8.42 Å². The topological polar surface area (TPSA) is 63.7 Å². The Balaban J connectivity index is 1.99. The van der Waals surface area contributed by atoms with E-state index in [4.69, 9.17) is 4.18 Å². The largest absolute Gasteiger partial charge is 0.382 e. The summed E-state index contributed by atoms with van der Waals surface area (Å²) in [5, 5.41) is 0. The van der Waals surface area contributed by atoms with Gasteiger partial charge >= 0.3 is 10.1 Å². The number of amides is 1. The number of aryl methyl sites for hydroxylation is 1. The SMILES string of the molecule is CCS(=O)(=O)Oc1ccc(CN(C(=O)CCc2ccccc2)C(C)C)cc1. The van der Waals surface area contributed by atoms with Crippen LogP contribution in [0.2, 0.25) is 0 Å². The van der Waals surface area contributed by atoms with Gasteiger partial charge in [0.2, 0.25) is 5.91 Å². The first kappa shape index (κ1) is 21.0. The Bertz CT molecular complexity index is 830. The molecule has 2 rings (SSSR count). The fourth-order valence-corrected chi connectivity index (χ4v) is 3.17. The number of benzene rings is 2. The Morgan fingerprint density at radius 3 is 2.19 bits per heavy atom. The first-order chi connectivity index (χ1) is 12.8. The lowest BCUT2D eigenvalue weighted by atomic mass is 10.1. The van der Waals surface area contributed by atoms with E-state index in [-0.39, 0.29) is 23.5 Å². The van der Waals surface area contributed by atoms with Crippen LogP contribution in [0.25, 0.3) is 0 Å². The fraction of sp³-hybridized carbons (Fsp3) is 0.381. The zero-order valence-electron chi connectivity index (χ0n) is 16.1. The van der Waals surface area contributed by atoms with Crippen LogP contribution in [0.15, 0.2) is 54.6 Å². The Morgan fingerprint density at radius 1 is 1.00 bits per heavy atom. The van der Waals surface area contributed by atoms with Crippen LogP contribution < -0.4 is 4.18 Å². The number of carbonyl (C=O) groups excluding carboxylic acids is 1. The van der Waals surface area contributed by atoms with Crippen molar-refractivity contribution in [1.29, 1.82) is 0 Å². The molecule has 0 atom stereocenters. The monoisotopic (exact) mass is 389 g/mol. The van der Waals surface area contributed by atoms with Crippen molar-refractivity contribution in [1.82, 2.24) is 4.90 Å². The minimum atomic E-state index is -3.53. The van der Waals surface area contributed by atoms with Crippen LogP contribution in [0.1, 0.15) is 38.3 Å². The van der Waals surface area contributed by atoms with E-state index in [0.717, 1.165) is 11.1 Å². The molecule has 0 fully saturated rings. The fourth-order valence-electron chi connectivity index (χ4n) is 2.65. The molecule has 0 N–H and O–H groups in total. The van der Waals surface area contributed by atoms with Gasteiger partial charge in [-0.05, 0) is 50.5 Å². The third kappa shape index (κ3) is 6.71. The highest BCUT2D eigenvalue weighted by molar-refractivity contribution is 7.87. The average Bonchev–Trinajstić information content (AvgIpc) is 2.66. The van der Waals surface area contributed by atoms with Gasteiger partial charge in [0.05, 0.1) is 5.75 Å². The van der Waals surface area contributed by atoms with E-state index in [1.807, 2.05) is 49.1 Å². The molecular formula is C21H27NO4S. The highest BCUT2D eigenvalue weighted by atomic mass is 32.2. The molecule has 0 bridgehead atoms. The van der Waals surface area contributed by atoms with Gasteiger partial charge in [0.25, 0.3) is 0 Å². The third-order valence-electron chi connectivity index (χ3n) is 4.27. The second kappa shape index (κ2) is 9.55. The van der Waals surface area contributed by atoms with Crippen molar-refractivity contribution >= 4 is 16.0 Å². The summed E-state index contributed by atoms with van der Waals surface area (Å²) in [4.78, 5) is 14.5. The van der Waals surface area contributed by atoms with Crippen LogP contribution in [0.5, 0.6) is 5.75 Å². The first-order valence-corrected chi connectivity index (χ1v) is 10.7. The molecule has 1 amide bonds. The molecule has 5 nitrogen and oxygen atoms in total. The maximum atomic E-state index is 12.7. The lowest BCUT2D eigenvalue weighted by molar-refractivity contribution is -0.133. The Kier molecular flexibility index (Phi) is 7.42. The van der Waals surface area contributed by atoms with Gasteiger partial charge in [-0.15, -0.1) is 0 Å². The van der Waals surface area contributed by atoms with Gasteiger partial charge in [-0.3, -0.25) is 4.79 Å². The average molecular weight is 390 g/mol. The van der Waals surface area contributed by atoms with Crippen molar-refractivity contribution in [2.24, 2.45) is 0 Å². The lowest BCUT2D eigenvalue weighted by Crippen LogP contribution is -2.36. The molecule has 0 aromatic heterocycles. The molecule has 0 radical (unpaired) electrons. The summed E-state index contributed by atoms with van der Waals surface area (Å²) in [6, 6.07) is 16.9. The van der Waals surface area contributed by atoms with Crippen LogP contribution >= 0.6 is 0 Å². The molecule has 146 valence electrons. The Labute approximate surface area is 162 Å². The van der Waals surface area contributed by atoms with Crippen LogP contribution in [-0.2, 0) is 27.9 Å². The van der Waals surface area contributed by atoms with Crippen LogP contribution in [0, 0.1) is 0 Å². The smallest absolute Gasteiger partial charge is 0.308 e. The van der Waals surface area contributed by atoms with Gasteiger partial charge < -0.3 is 9.08 Å². The second-order valence-electron chi connectivity index (χ2n) is 6.67. The first-order valence-electron chi connectivity index (χ1n) is 9.15. The molecule has 0 aliphatic carbocycles. The summed E-state index contributed by atoms with van der Waals surface area (Å²) < 4.78 is 28.0. The Hall–Kier alpha value is -2.34. The van der Waals surface area contributed by atoms with E-state index in [2.05, 4.69) is 0 Å². The van der Waals surface area contributed by atoms with Crippen molar-refractivity contribution in [3.63, 3.8) is 0 Å². The summed E-state index contributed by atoms with van der Waals surface area (Å²) in [6.07, 6.45) is 1.17. The van der Waals surface area contributed by atoms with E-state index in [1.165, 1.54) is 6.92 Å². The number of nitrogens with zero attached hydrogens (tertiary/aromatic N) is 1. The molecule has 27 heavy (non-hydrogen) atoms. The molecule has 0 saturated heterocycles. The molecule has 0 spiro atoms. The van der Waals surface area contributed by atoms with Gasteiger partial charge in [0, 0.05) is 19.0 Å². The molecule has 0 unspecified atom stereocenters. The number of rotatable bonds is 9. The van der Waals surface area contributed by atoms with Gasteiger partial charge in [0.15, 0.2) is 0 Å². The van der Waals surface area contributed by atoms with Crippen molar-refractivity contribution in [2.45, 2.75) is 46.2 Å².